The van der Waals surface area contributed by atoms with Crippen LogP contribution in [-0.4, -0.2) is 22.1 Å². The van der Waals surface area contributed by atoms with Crippen LogP contribution in [0, 0.1) is 13.8 Å². The molecule has 1 aromatic heterocycles. The van der Waals surface area contributed by atoms with Crippen molar-refractivity contribution in [3.05, 3.63) is 59.9 Å². The van der Waals surface area contributed by atoms with Crippen molar-refractivity contribution in [1.82, 2.24) is 15.0 Å². The lowest BCUT2D eigenvalue weighted by Crippen LogP contribution is -2.00. The van der Waals surface area contributed by atoms with E-state index in [-0.39, 0.29) is 0 Å². The Morgan fingerprint density at radius 3 is 2.23 bits per heavy atom. The number of benzene rings is 2. The molecule has 0 saturated heterocycles. The van der Waals surface area contributed by atoms with Gasteiger partial charge in [-0.3, -0.25) is 0 Å². The van der Waals surface area contributed by atoms with Crippen molar-refractivity contribution in [2.45, 2.75) is 13.8 Å². The molecule has 0 N–H and O–H groups in total. The van der Waals surface area contributed by atoms with Gasteiger partial charge in [0.1, 0.15) is 11.6 Å². The summed E-state index contributed by atoms with van der Waals surface area (Å²) in [4.78, 5) is 13.6. The van der Waals surface area contributed by atoms with Crippen molar-refractivity contribution in [2.24, 2.45) is 0 Å². The van der Waals surface area contributed by atoms with Crippen LogP contribution in [0.2, 0.25) is 0 Å². The Bertz CT molecular complexity index is 801. The average Bonchev–Trinajstić information content (AvgIpc) is 2.55. The van der Waals surface area contributed by atoms with E-state index in [0.717, 1.165) is 22.4 Å². The summed E-state index contributed by atoms with van der Waals surface area (Å²) < 4.78 is 5.25. The van der Waals surface area contributed by atoms with Crippen LogP contribution in [-0.2, 0) is 0 Å². The number of nitrogens with zero attached hydrogens (tertiary/aromatic N) is 3. The number of methoxy groups -OCH3 is 1. The molecule has 0 aliphatic rings. The van der Waals surface area contributed by atoms with Gasteiger partial charge in [-0.15, -0.1) is 0 Å². The highest BCUT2D eigenvalue weighted by Crippen LogP contribution is 2.25. The summed E-state index contributed by atoms with van der Waals surface area (Å²) in [6.45, 7) is 3.91. The number of ether oxygens (including phenoxy) is 1. The minimum Gasteiger partial charge on any atom is -0.497 e. The predicted octanol–water partition coefficient (Wildman–Crippen LogP) is 3.83. The van der Waals surface area contributed by atoms with E-state index >= 15 is 0 Å². The third-order valence-corrected chi connectivity index (χ3v) is 3.45. The van der Waals surface area contributed by atoms with Crippen LogP contribution in [0.4, 0.5) is 0 Å². The Kier molecular flexibility index (Phi) is 3.83. The molecule has 0 aliphatic heterocycles. The Balaban J connectivity index is 2.10. The van der Waals surface area contributed by atoms with Crippen LogP contribution in [0.1, 0.15) is 11.4 Å². The zero-order valence-corrected chi connectivity index (χ0v) is 12.9. The van der Waals surface area contributed by atoms with Gasteiger partial charge in [0.25, 0.3) is 0 Å². The minimum absolute atomic E-state index is 0.687. The van der Waals surface area contributed by atoms with E-state index in [9.17, 15) is 0 Å². The van der Waals surface area contributed by atoms with Gasteiger partial charge in [-0.2, -0.15) is 0 Å². The first-order valence-electron chi connectivity index (χ1n) is 7.10. The summed E-state index contributed by atoms with van der Waals surface area (Å²) in [5, 5.41) is 0. The lowest BCUT2D eigenvalue weighted by atomic mass is 10.1. The number of aryl methyl sites for hydroxylation is 2. The molecule has 4 heteroatoms. The largest absolute Gasteiger partial charge is 0.497 e. The predicted molar refractivity (Wildman–Crippen MR) is 86.7 cm³/mol. The molecule has 0 spiro atoms. The van der Waals surface area contributed by atoms with Crippen molar-refractivity contribution >= 4 is 0 Å². The summed E-state index contributed by atoms with van der Waals surface area (Å²) in [6.07, 6.45) is 0. The van der Waals surface area contributed by atoms with Gasteiger partial charge in [-0.25, -0.2) is 15.0 Å². The van der Waals surface area contributed by atoms with Gasteiger partial charge < -0.3 is 4.74 Å². The summed E-state index contributed by atoms with van der Waals surface area (Å²) in [6, 6.07) is 15.8. The molecule has 0 fully saturated rings. The van der Waals surface area contributed by atoms with Gasteiger partial charge in [0.15, 0.2) is 11.6 Å². The smallest absolute Gasteiger partial charge is 0.163 e. The van der Waals surface area contributed by atoms with Crippen molar-refractivity contribution in [1.29, 1.82) is 0 Å². The van der Waals surface area contributed by atoms with Crippen molar-refractivity contribution in [3.63, 3.8) is 0 Å². The maximum Gasteiger partial charge on any atom is 0.163 e. The molecule has 0 saturated carbocycles. The fourth-order valence-corrected chi connectivity index (χ4v) is 2.33. The first-order chi connectivity index (χ1) is 10.7. The van der Waals surface area contributed by atoms with Gasteiger partial charge >= 0.3 is 0 Å². The number of aromatic nitrogens is 3. The van der Waals surface area contributed by atoms with Gasteiger partial charge in [-0.1, -0.05) is 30.3 Å². The Morgan fingerprint density at radius 2 is 1.55 bits per heavy atom. The second kappa shape index (κ2) is 5.93. The van der Waals surface area contributed by atoms with E-state index in [1.54, 1.807) is 7.11 Å². The third-order valence-electron chi connectivity index (χ3n) is 3.45. The van der Waals surface area contributed by atoms with Crippen molar-refractivity contribution < 1.29 is 4.74 Å². The molecule has 0 aliphatic carbocycles. The molecule has 0 atom stereocenters. The lowest BCUT2D eigenvalue weighted by Gasteiger charge is -2.09. The summed E-state index contributed by atoms with van der Waals surface area (Å²) in [7, 11) is 1.66. The molecule has 2 aromatic carbocycles. The van der Waals surface area contributed by atoms with Gasteiger partial charge in [0.2, 0.25) is 0 Å². The molecule has 110 valence electrons. The summed E-state index contributed by atoms with van der Waals surface area (Å²) in [5.41, 5.74) is 3.05. The van der Waals surface area contributed by atoms with Crippen LogP contribution >= 0.6 is 0 Å². The van der Waals surface area contributed by atoms with E-state index in [1.165, 1.54) is 0 Å². The first kappa shape index (κ1) is 14.2. The van der Waals surface area contributed by atoms with E-state index in [4.69, 9.17) is 4.74 Å². The van der Waals surface area contributed by atoms with Gasteiger partial charge in [0.05, 0.1) is 7.11 Å². The molecule has 3 rings (SSSR count). The molecular weight excluding hydrogens is 274 g/mol. The minimum atomic E-state index is 0.687. The van der Waals surface area contributed by atoms with Gasteiger partial charge in [0, 0.05) is 11.1 Å². The second-order valence-corrected chi connectivity index (χ2v) is 5.08. The Labute approximate surface area is 129 Å². The molecular formula is C18H17N3O. The fourth-order valence-electron chi connectivity index (χ4n) is 2.33. The maximum absolute atomic E-state index is 5.25. The first-order valence-corrected chi connectivity index (χ1v) is 7.10. The quantitative estimate of drug-likeness (QED) is 0.736. The highest BCUT2D eigenvalue weighted by molar-refractivity contribution is 5.64. The van der Waals surface area contributed by atoms with E-state index in [0.29, 0.717) is 17.5 Å². The molecule has 4 nitrogen and oxygen atoms in total. The second-order valence-electron chi connectivity index (χ2n) is 5.08. The molecule has 1 heterocycles. The third kappa shape index (κ3) is 2.81. The molecule has 0 radical (unpaired) electrons. The van der Waals surface area contributed by atoms with Crippen LogP contribution in [0.25, 0.3) is 22.8 Å². The van der Waals surface area contributed by atoms with Crippen LogP contribution in [0.15, 0.2) is 48.5 Å². The normalized spacial score (nSPS) is 10.5. The number of hydrogen-bond donors (Lipinski definition) is 0. The molecule has 3 aromatic rings. The topological polar surface area (TPSA) is 47.9 Å². The molecule has 0 bridgehead atoms. The lowest BCUT2D eigenvalue weighted by molar-refractivity contribution is 0.414. The maximum atomic E-state index is 5.25. The fraction of sp³-hybridized carbons (Fsp3) is 0.167. The molecule has 22 heavy (non-hydrogen) atoms. The highest BCUT2D eigenvalue weighted by Gasteiger charge is 2.10. The van der Waals surface area contributed by atoms with E-state index in [2.05, 4.69) is 15.0 Å². The molecule has 0 amide bonds. The van der Waals surface area contributed by atoms with Gasteiger partial charge in [-0.05, 0) is 37.6 Å². The van der Waals surface area contributed by atoms with Crippen LogP contribution < -0.4 is 4.74 Å². The van der Waals surface area contributed by atoms with Crippen molar-refractivity contribution in [3.8, 4) is 28.5 Å². The highest BCUT2D eigenvalue weighted by atomic mass is 16.5. The summed E-state index contributed by atoms with van der Waals surface area (Å²) in [5.74, 6) is 2.92. The van der Waals surface area contributed by atoms with Crippen molar-refractivity contribution in [2.75, 3.05) is 7.11 Å². The zero-order chi connectivity index (χ0) is 15.5. The molecule has 0 unspecified atom stereocenters. The van der Waals surface area contributed by atoms with E-state index in [1.807, 2.05) is 62.4 Å². The van der Waals surface area contributed by atoms with Crippen LogP contribution in [0.3, 0.4) is 0 Å². The Morgan fingerprint density at radius 1 is 0.818 bits per heavy atom. The Hall–Kier alpha value is -2.75. The number of hydrogen-bond acceptors (Lipinski definition) is 4. The summed E-state index contributed by atoms with van der Waals surface area (Å²) >= 11 is 0. The average molecular weight is 291 g/mol. The monoisotopic (exact) mass is 291 g/mol. The zero-order valence-electron chi connectivity index (χ0n) is 12.9. The SMILES string of the molecule is COc1ccc(-c2nc(C)nc(-c3ccccc3)n2)c(C)c1. The standard InChI is InChI=1S/C18H17N3O/c1-12-11-15(22-3)9-10-16(12)18-20-13(2)19-17(21-18)14-7-5-4-6-8-14/h4-11H,1-3H3. The van der Waals surface area contributed by atoms with Crippen LogP contribution in [0.5, 0.6) is 5.75 Å². The van der Waals surface area contributed by atoms with E-state index < -0.39 is 0 Å². The number of rotatable bonds is 3.